The Bertz CT molecular complexity index is 519. The van der Waals surface area contributed by atoms with Crippen molar-refractivity contribution in [3.05, 3.63) is 22.4 Å². The third-order valence-electron chi connectivity index (χ3n) is 5.04. The summed E-state index contributed by atoms with van der Waals surface area (Å²) in [6, 6.07) is 4.79. The molecule has 2 heterocycles. The molecule has 2 nitrogen and oxygen atoms in total. The van der Waals surface area contributed by atoms with Crippen LogP contribution in [-0.4, -0.2) is 18.6 Å². The van der Waals surface area contributed by atoms with Crippen LogP contribution in [0.15, 0.2) is 16.6 Å². The number of benzene rings is 1. The number of nitrogens with zero attached hydrogens (tertiary/aromatic N) is 1. The van der Waals surface area contributed by atoms with Crippen molar-refractivity contribution in [3.8, 4) is 0 Å². The normalized spacial score (nSPS) is 32.3. The van der Waals surface area contributed by atoms with E-state index in [2.05, 4.69) is 26.1 Å². The van der Waals surface area contributed by atoms with Crippen molar-refractivity contribution in [1.29, 1.82) is 0 Å². The van der Waals surface area contributed by atoms with Gasteiger partial charge in [-0.2, -0.15) is 0 Å². The molecule has 3 aliphatic rings. The van der Waals surface area contributed by atoms with E-state index in [-0.39, 0.29) is 5.82 Å². The van der Waals surface area contributed by atoms with E-state index in [0.29, 0.717) is 16.6 Å². The third kappa shape index (κ3) is 1.79. The van der Waals surface area contributed by atoms with Crippen LogP contribution in [0, 0.1) is 11.7 Å². The summed E-state index contributed by atoms with van der Waals surface area (Å²) in [7, 11) is 0. The van der Waals surface area contributed by atoms with E-state index in [0.717, 1.165) is 23.8 Å². The lowest BCUT2D eigenvalue weighted by atomic mass is 9.85. The van der Waals surface area contributed by atoms with Crippen LogP contribution in [-0.2, 0) is 0 Å². The van der Waals surface area contributed by atoms with Gasteiger partial charge in [0.1, 0.15) is 5.82 Å². The highest BCUT2D eigenvalue weighted by atomic mass is 79.9. The summed E-state index contributed by atoms with van der Waals surface area (Å²) in [5.74, 6) is 0.665. The molecule has 0 radical (unpaired) electrons. The number of rotatable bonds is 0. The standard InChI is InChI=1S/C15H18BrFN2/c16-11-6-13-15(7-12(11)17)19-10(8-18-13)5-9-3-1-2-4-14(9)19/h6-7,9-10,14,18H,1-5,8H2. The van der Waals surface area contributed by atoms with Crippen molar-refractivity contribution in [2.75, 3.05) is 16.8 Å². The summed E-state index contributed by atoms with van der Waals surface area (Å²) >= 11 is 3.28. The molecule has 19 heavy (non-hydrogen) atoms. The highest BCUT2D eigenvalue weighted by molar-refractivity contribution is 9.10. The molecule has 1 saturated heterocycles. The van der Waals surface area contributed by atoms with Crippen molar-refractivity contribution >= 4 is 27.3 Å². The van der Waals surface area contributed by atoms with Crippen LogP contribution in [0.3, 0.4) is 0 Å². The van der Waals surface area contributed by atoms with Crippen molar-refractivity contribution in [2.24, 2.45) is 5.92 Å². The van der Waals surface area contributed by atoms with Crippen molar-refractivity contribution in [3.63, 3.8) is 0 Å². The molecule has 1 aromatic carbocycles. The molecule has 0 amide bonds. The third-order valence-corrected chi connectivity index (χ3v) is 5.65. The van der Waals surface area contributed by atoms with Crippen LogP contribution < -0.4 is 10.2 Å². The Kier molecular flexibility index (Phi) is 2.76. The molecule has 0 bridgehead atoms. The van der Waals surface area contributed by atoms with E-state index < -0.39 is 0 Å². The molecule has 0 spiro atoms. The largest absolute Gasteiger partial charge is 0.381 e. The van der Waals surface area contributed by atoms with E-state index in [9.17, 15) is 4.39 Å². The zero-order valence-corrected chi connectivity index (χ0v) is 12.4. The van der Waals surface area contributed by atoms with Gasteiger partial charge in [0, 0.05) is 24.7 Å². The zero-order chi connectivity index (χ0) is 13.0. The lowest BCUT2D eigenvalue weighted by Gasteiger charge is -2.40. The zero-order valence-electron chi connectivity index (χ0n) is 10.8. The van der Waals surface area contributed by atoms with Gasteiger partial charge in [-0.3, -0.25) is 0 Å². The molecule has 1 N–H and O–H groups in total. The van der Waals surface area contributed by atoms with Gasteiger partial charge in [-0.1, -0.05) is 12.8 Å². The van der Waals surface area contributed by atoms with Gasteiger partial charge in [0.2, 0.25) is 0 Å². The Labute approximate surface area is 121 Å². The maximum atomic E-state index is 13.9. The lowest BCUT2D eigenvalue weighted by Crippen LogP contribution is -2.44. The van der Waals surface area contributed by atoms with Gasteiger partial charge >= 0.3 is 0 Å². The molecule has 1 aliphatic carbocycles. The van der Waals surface area contributed by atoms with Crippen molar-refractivity contribution in [1.82, 2.24) is 0 Å². The molecule has 4 heteroatoms. The SMILES string of the molecule is Fc1cc2c(cc1Br)NCC1CC3CCCCC3N21. The fourth-order valence-corrected chi connectivity index (χ4v) is 4.58. The number of fused-ring (bicyclic) bond motifs is 5. The van der Waals surface area contributed by atoms with E-state index in [1.807, 2.05) is 6.07 Å². The summed E-state index contributed by atoms with van der Waals surface area (Å²) in [5, 5.41) is 3.47. The van der Waals surface area contributed by atoms with E-state index in [4.69, 9.17) is 0 Å². The van der Waals surface area contributed by atoms with Gasteiger partial charge in [0.25, 0.3) is 0 Å². The molecule has 2 fully saturated rings. The smallest absolute Gasteiger partial charge is 0.139 e. The Balaban J connectivity index is 1.77. The van der Waals surface area contributed by atoms with Crippen LogP contribution in [0.2, 0.25) is 0 Å². The van der Waals surface area contributed by atoms with Crippen LogP contribution in [0.25, 0.3) is 0 Å². The fraction of sp³-hybridized carbons (Fsp3) is 0.600. The minimum Gasteiger partial charge on any atom is -0.381 e. The second-order valence-electron chi connectivity index (χ2n) is 6.07. The maximum Gasteiger partial charge on any atom is 0.139 e. The van der Waals surface area contributed by atoms with Crippen LogP contribution in [0.5, 0.6) is 0 Å². The first kappa shape index (κ1) is 12.0. The van der Waals surface area contributed by atoms with Crippen LogP contribution in [0.4, 0.5) is 15.8 Å². The predicted octanol–water partition coefficient (Wildman–Crippen LogP) is 4.15. The summed E-state index contributed by atoms with van der Waals surface area (Å²) in [6.45, 7) is 0.998. The van der Waals surface area contributed by atoms with Gasteiger partial charge in [-0.15, -0.1) is 0 Å². The van der Waals surface area contributed by atoms with E-state index >= 15 is 0 Å². The molecule has 3 atom stereocenters. The maximum absolute atomic E-state index is 13.9. The fourth-order valence-electron chi connectivity index (χ4n) is 4.24. The van der Waals surface area contributed by atoms with Crippen LogP contribution in [0.1, 0.15) is 32.1 Å². The highest BCUT2D eigenvalue weighted by Gasteiger charge is 2.44. The number of hydrogen-bond donors (Lipinski definition) is 1. The topological polar surface area (TPSA) is 15.3 Å². The Morgan fingerprint density at radius 3 is 3.00 bits per heavy atom. The molecule has 4 rings (SSSR count). The lowest BCUT2D eigenvalue weighted by molar-refractivity contribution is 0.342. The van der Waals surface area contributed by atoms with Gasteiger partial charge in [-0.05, 0) is 47.2 Å². The van der Waals surface area contributed by atoms with Crippen LogP contribution >= 0.6 is 15.9 Å². The quantitative estimate of drug-likeness (QED) is 0.771. The number of hydrogen-bond acceptors (Lipinski definition) is 2. The summed E-state index contributed by atoms with van der Waals surface area (Å²) in [5.41, 5.74) is 2.15. The molecule has 0 aromatic heterocycles. The second-order valence-corrected chi connectivity index (χ2v) is 6.93. The van der Waals surface area contributed by atoms with Gasteiger partial charge in [-0.25, -0.2) is 4.39 Å². The average Bonchev–Trinajstić information content (AvgIpc) is 2.79. The first-order valence-corrected chi connectivity index (χ1v) is 8.04. The van der Waals surface area contributed by atoms with Crippen molar-refractivity contribution < 1.29 is 4.39 Å². The molecule has 1 aromatic rings. The van der Waals surface area contributed by atoms with Gasteiger partial charge < -0.3 is 10.2 Å². The van der Waals surface area contributed by atoms with Crippen molar-refractivity contribution in [2.45, 2.75) is 44.2 Å². The molecule has 3 unspecified atom stereocenters. The first-order valence-electron chi connectivity index (χ1n) is 7.25. The molecule has 102 valence electrons. The molecule has 2 aliphatic heterocycles. The van der Waals surface area contributed by atoms with Gasteiger partial charge in [0.05, 0.1) is 15.8 Å². The molecule has 1 saturated carbocycles. The summed E-state index contributed by atoms with van der Waals surface area (Å²) < 4.78 is 14.4. The summed E-state index contributed by atoms with van der Waals surface area (Å²) in [4.78, 5) is 2.52. The minimum absolute atomic E-state index is 0.152. The Morgan fingerprint density at radius 1 is 1.26 bits per heavy atom. The Hall–Kier alpha value is -0.770. The number of anilines is 2. The van der Waals surface area contributed by atoms with E-state index in [1.165, 1.54) is 32.1 Å². The average molecular weight is 325 g/mol. The molecular weight excluding hydrogens is 307 g/mol. The summed E-state index contributed by atoms with van der Waals surface area (Å²) in [6.07, 6.45) is 6.60. The number of halogens is 2. The van der Waals surface area contributed by atoms with E-state index in [1.54, 1.807) is 6.07 Å². The predicted molar refractivity (Wildman–Crippen MR) is 79.2 cm³/mol. The highest BCUT2D eigenvalue weighted by Crippen LogP contribution is 2.47. The molecular formula is C15H18BrFN2. The minimum atomic E-state index is -0.152. The first-order chi connectivity index (χ1) is 9.24. The number of nitrogens with one attached hydrogen (secondary N) is 1. The second kappa shape index (κ2) is 4.37. The van der Waals surface area contributed by atoms with Gasteiger partial charge in [0.15, 0.2) is 0 Å². The Morgan fingerprint density at radius 2 is 2.11 bits per heavy atom. The monoisotopic (exact) mass is 324 g/mol.